The summed E-state index contributed by atoms with van der Waals surface area (Å²) in [5.74, 6) is -1.47. The van der Waals surface area contributed by atoms with Crippen molar-refractivity contribution in [1.29, 1.82) is 0 Å². The quantitative estimate of drug-likeness (QED) is 0.269. The number of Topliss-reactive ketones (excluding diaryl/α,β-unsaturated/α-hetero) is 1. The maximum Gasteiger partial charge on any atom is 0.329 e. The van der Waals surface area contributed by atoms with Crippen LogP contribution in [-0.2, 0) is 9.53 Å². The lowest BCUT2D eigenvalue weighted by molar-refractivity contribution is -0.149. The van der Waals surface area contributed by atoms with Crippen molar-refractivity contribution in [2.24, 2.45) is 5.92 Å². The van der Waals surface area contributed by atoms with Gasteiger partial charge in [0.15, 0.2) is 5.78 Å². The summed E-state index contributed by atoms with van der Waals surface area (Å²) >= 11 is 1.38. The van der Waals surface area contributed by atoms with E-state index < -0.39 is 23.8 Å². The first-order valence-corrected chi connectivity index (χ1v) is 10.5. The van der Waals surface area contributed by atoms with Gasteiger partial charge >= 0.3 is 5.97 Å². The van der Waals surface area contributed by atoms with E-state index in [1.54, 1.807) is 30.3 Å². The third-order valence-corrected chi connectivity index (χ3v) is 5.60. The third kappa shape index (κ3) is 4.62. The maximum absolute atomic E-state index is 12.7. The summed E-state index contributed by atoms with van der Waals surface area (Å²) in [7, 11) is 0. The Kier molecular flexibility index (Phi) is 6.59. The van der Waals surface area contributed by atoms with Crippen LogP contribution in [0, 0.1) is 5.92 Å². The number of hydrogen-bond donors (Lipinski definition) is 0. The van der Waals surface area contributed by atoms with Crippen LogP contribution in [0.2, 0.25) is 0 Å². The van der Waals surface area contributed by atoms with Crippen molar-refractivity contribution < 1.29 is 23.9 Å². The van der Waals surface area contributed by atoms with Crippen molar-refractivity contribution in [1.82, 2.24) is 4.90 Å². The predicted octanol–water partition coefficient (Wildman–Crippen LogP) is 3.97. The number of benzene rings is 1. The first kappa shape index (κ1) is 20.9. The van der Waals surface area contributed by atoms with Crippen molar-refractivity contribution in [3.8, 4) is 0 Å². The van der Waals surface area contributed by atoms with Crippen LogP contribution in [0.4, 0.5) is 0 Å². The fourth-order valence-corrected chi connectivity index (χ4v) is 4.00. The van der Waals surface area contributed by atoms with E-state index in [1.165, 1.54) is 11.3 Å². The van der Waals surface area contributed by atoms with Gasteiger partial charge in [0.2, 0.25) is 0 Å². The first-order chi connectivity index (χ1) is 13.9. The number of nitrogens with zero attached hydrogens (tertiary/aromatic N) is 1. The van der Waals surface area contributed by atoms with E-state index >= 15 is 0 Å². The highest BCUT2D eigenvalue weighted by atomic mass is 32.1. The molecule has 1 aliphatic heterocycles. The van der Waals surface area contributed by atoms with Crippen molar-refractivity contribution in [3.63, 3.8) is 0 Å². The van der Waals surface area contributed by atoms with Crippen LogP contribution in [0.1, 0.15) is 63.5 Å². The van der Waals surface area contributed by atoms with Crippen LogP contribution in [0.5, 0.6) is 0 Å². The molecule has 1 atom stereocenters. The molecule has 2 amide bonds. The molecule has 0 aliphatic carbocycles. The molecule has 0 bridgehead atoms. The van der Waals surface area contributed by atoms with E-state index in [2.05, 4.69) is 0 Å². The minimum atomic E-state index is -0.976. The molecule has 0 fully saturated rings. The van der Waals surface area contributed by atoms with E-state index in [1.807, 2.05) is 25.3 Å². The smallest absolute Gasteiger partial charge is 0.329 e. The molecule has 7 heteroatoms. The number of thiophene rings is 1. The van der Waals surface area contributed by atoms with Gasteiger partial charge < -0.3 is 4.74 Å². The highest BCUT2D eigenvalue weighted by Crippen LogP contribution is 2.27. The number of fused-ring (bicyclic) bond motifs is 1. The third-order valence-electron chi connectivity index (χ3n) is 4.69. The summed E-state index contributed by atoms with van der Waals surface area (Å²) in [5, 5.41) is 1.84. The SMILES string of the molecule is CC(C)C[C@H](C(=O)OCCCC(=O)c1cccs1)N1C(=O)c2ccccc2C1=O. The average Bonchev–Trinajstić information content (AvgIpc) is 3.32. The zero-order valence-corrected chi connectivity index (χ0v) is 17.2. The van der Waals surface area contributed by atoms with Gasteiger partial charge in [-0.25, -0.2) is 4.79 Å². The molecule has 1 aromatic heterocycles. The Balaban J connectivity index is 1.63. The van der Waals surface area contributed by atoms with Crippen LogP contribution in [0.15, 0.2) is 41.8 Å². The Morgan fingerprint density at radius 2 is 1.69 bits per heavy atom. The van der Waals surface area contributed by atoms with E-state index in [-0.39, 0.29) is 24.7 Å². The largest absolute Gasteiger partial charge is 0.464 e. The van der Waals surface area contributed by atoms with Gasteiger partial charge in [-0.05, 0) is 42.3 Å². The summed E-state index contributed by atoms with van der Waals surface area (Å²) in [5.41, 5.74) is 0.612. The molecule has 3 rings (SSSR count). The fraction of sp³-hybridized carbons (Fsp3) is 0.364. The molecule has 0 spiro atoms. The van der Waals surface area contributed by atoms with E-state index in [9.17, 15) is 19.2 Å². The van der Waals surface area contributed by atoms with E-state index in [0.29, 0.717) is 28.8 Å². The number of carbonyl (C=O) groups is 4. The monoisotopic (exact) mass is 413 g/mol. The minimum absolute atomic E-state index is 0.00938. The van der Waals surface area contributed by atoms with Crippen molar-refractivity contribution in [2.75, 3.05) is 6.61 Å². The highest BCUT2D eigenvalue weighted by Gasteiger charge is 2.43. The zero-order valence-electron chi connectivity index (χ0n) is 16.4. The van der Waals surface area contributed by atoms with Gasteiger partial charge in [-0.1, -0.05) is 32.0 Å². The molecule has 0 unspecified atom stereocenters. The van der Waals surface area contributed by atoms with E-state index in [4.69, 9.17) is 4.74 Å². The average molecular weight is 413 g/mol. The van der Waals surface area contributed by atoms with Crippen LogP contribution < -0.4 is 0 Å². The Bertz CT molecular complexity index is 884. The second kappa shape index (κ2) is 9.13. The number of amides is 2. The molecule has 152 valence electrons. The summed E-state index contributed by atoms with van der Waals surface area (Å²) < 4.78 is 5.35. The zero-order chi connectivity index (χ0) is 21.0. The lowest BCUT2D eigenvalue weighted by Crippen LogP contribution is -2.46. The number of rotatable bonds is 9. The van der Waals surface area contributed by atoms with Crippen molar-refractivity contribution in [3.05, 3.63) is 57.8 Å². The Morgan fingerprint density at radius 1 is 1.03 bits per heavy atom. The highest BCUT2D eigenvalue weighted by molar-refractivity contribution is 7.12. The molecular weight excluding hydrogens is 390 g/mol. The van der Waals surface area contributed by atoms with Crippen molar-refractivity contribution >= 4 is 34.9 Å². The molecule has 0 saturated carbocycles. The molecule has 2 aromatic rings. The Morgan fingerprint density at radius 3 is 2.24 bits per heavy atom. The van der Waals surface area contributed by atoms with Gasteiger partial charge in [0.25, 0.3) is 11.8 Å². The van der Waals surface area contributed by atoms with Crippen LogP contribution in [-0.4, -0.2) is 41.1 Å². The van der Waals surface area contributed by atoms with Gasteiger partial charge in [-0.2, -0.15) is 0 Å². The number of ether oxygens (including phenoxy) is 1. The van der Waals surface area contributed by atoms with Gasteiger partial charge in [-0.3, -0.25) is 19.3 Å². The molecule has 6 nitrogen and oxygen atoms in total. The molecule has 2 heterocycles. The molecular formula is C22H23NO5S. The second-order valence-corrected chi connectivity index (χ2v) is 8.29. The first-order valence-electron chi connectivity index (χ1n) is 9.60. The Labute approximate surface area is 173 Å². The summed E-state index contributed by atoms with van der Waals surface area (Å²) in [6.07, 6.45) is 0.979. The molecule has 0 N–H and O–H groups in total. The number of carbonyl (C=O) groups excluding carboxylic acids is 4. The number of esters is 1. The minimum Gasteiger partial charge on any atom is -0.464 e. The van der Waals surface area contributed by atoms with Gasteiger partial charge in [0, 0.05) is 6.42 Å². The fourth-order valence-electron chi connectivity index (χ4n) is 3.31. The Hall–Kier alpha value is -2.80. The molecule has 0 saturated heterocycles. The van der Waals surface area contributed by atoms with Crippen LogP contribution in [0.3, 0.4) is 0 Å². The maximum atomic E-state index is 12.7. The van der Waals surface area contributed by atoms with Crippen molar-refractivity contribution in [2.45, 2.75) is 39.2 Å². The molecule has 0 radical (unpaired) electrons. The predicted molar refractivity (Wildman–Crippen MR) is 109 cm³/mol. The van der Waals surface area contributed by atoms with Gasteiger partial charge in [0.1, 0.15) is 6.04 Å². The van der Waals surface area contributed by atoms with Crippen LogP contribution in [0.25, 0.3) is 0 Å². The number of ketones is 1. The summed E-state index contributed by atoms with van der Waals surface area (Å²) in [4.78, 5) is 51.9. The van der Waals surface area contributed by atoms with Gasteiger partial charge in [-0.15, -0.1) is 11.3 Å². The number of imide groups is 1. The lowest BCUT2D eigenvalue weighted by Gasteiger charge is -2.26. The van der Waals surface area contributed by atoms with Gasteiger partial charge in [0.05, 0.1) is 22.6 Å². The normalized spacial score (nSPS) is 14.2. The standard InChI is InChI=1S/C22H23NO5S/c1-14(2)13-17(23-20(25)15-7-3-4-8-16(15)21(23)26)22(27)28-11-5-9-18(24)19-10-6-12-29-19/h3-4,6-8,10,12,14,17H,5,9,11,13H2,1-2H3/t17-/m1/s1. The summed E-state index contributed by atoms with van der Waals surface area (Å²) in [6.45, 7) is 3.89. The summed E-state index contributed by atoms with van der Waals surface area (Å²) in [6, 6.07) is 9.15. The topological polar surface area (TPSA) is 80.8 Å². The van der Waals surface area contributed by atoms with E-state index in [0.717, 1.165) is 4.90 Å². The molecule has 1 aromatic carbocycles. The molecule has 1 aliphatic rings. The molecule has 29 heavy (non-hydrogen) atoms. The lowest BCUT2D eigenvalue weighted by atomic mass is 10.0. The van der Waals surface area contributed by atoms with Crippen LogP contribution >= 0.6 is 11.3 Å². The number of hydrogen-bond acceptors (Lipinski definition) is 6. The second-order valence-electron chi connectivity index (χ2n) is 7.34.